The van der Waals surface area contributed by atoms with Crippen LogP contribution in [0.2, 0.25) is 0 Å². The van der Waals surface area contributed by atoms with Crippen LogP contribution in [0.15, 0.2) is 18.2 Å². The third-order valence-corrected chi connectivity index (χ3v) is 3.51. The predicted octanol–water partition coefficient (Wildman–Crippen LogP) is 2.51. The van der Waals surface area contributed by atoms with Gasteiger partial charge in [-0.2, -0.15) is 0 Å². The van der Waals surface area contributed by atoms with Gasteiger partial charge < -0.3 is 14.2 Å². The lowest BCUT2D eigenvalue weighted by molar-refractivity contribution is -0.135. The summed E-state index contributed by atoms with van der Waals surface area (Å²) in [6.45, 7) is 0.182. The Morgan fingerprint density at radius 3 is 2.76 bits per heavy atom. The van der Waals surface area contributed by atoms with Crippen LogP contribution in [0.5, 0.6) is 17.2 Å². The standard InChI is InChI=1S/C11H8Cl2O4/c12-11(13)4-7(11)10(14)17-6-1-2-8-9(3-6)16-5-15-8/h1-3,7H,4-5H2/t7-/m1/s1. The van der Waals surface area contributed by atoms with E-state index in [1.54, 1.807) is 18.2 Å². The summed E-state index contributed by atoms with van der Waals surface area (Å²) in [6, 6.07) is 4.93. The third kappa shape index (κ3) is 2.03. The van der Waals surface area contributed by atoms with E-state index in [1.165, 1.54) is 0 Å². The first-order valence-corrected chi connectivity index (χ1v) is 5.81. The van der Waals surface area contributed by atoms with Crippen molar-refractivity contribution in [3.05, 3.63) is 18.2 Å². The topological polar surface area (TPSA) is 44.8 Å². The Balaban J connectivity index is 1.71. The van der Waals surface area contributed by atoms with Crippen LogP contribution >= 0.6 is 23.2 Å². The summed E-state index contributed by atoms with van der Waals surface area (Å²) in [5, 5.41) is 0. The minimum atomic E-state index is -0.965. The number of hydrogen-bond donors (Lipinski definition) is 0. The van der Waals surface area contributed by atoms with Gasteiger partial charge in [-0.1, -0.05) is 0 Å². The van der Waals surface area contributed by atoms with Gasteiger partial charge in [0.1, 0.15) is 10.1 Å². The molecule has 1 aliphatic heterocycles. The molecule has 1 atom stereocenters. The van der Waals surface area contributed by atoms with Gasteiger partial charge in [-0.15, -0.1) is 23.2 Å². The summed E-state index contributed by atoms with van der Waals surface area (Å²) in [5.41, 5.74) is 0. The number of ether oxygens (including phenoxy) is 3. The smallest absolute Gasteiger partial charge is 0.317 e. The minimum Gasteiger partial charge on any atom is -0.454 e. The molecule has 0 saturated heterocycles. The molecule has 0 amide bonds. The summed E-state index contributed by atoms with van der Waals surface area (Å²) >= 11 is 11.6. The van der Waals surface area contributed by atoms with E-state index in [9.17, 15) is 4.79 Å². The van der Waals surface area contributed by atoms with E-state index in [1.807, 2.05) is 0 Å². The second-order valence-electron chi connectivity index (χ2n) is 3.95. The van der Waals surface area contributed by atoms with Crippen molar-refractivity contribution in [3.63, 3.8) is 0 Å². The normalized spacial score (nSPS) is 23.3. The largest absolute Gasteiger partial charge is 0.454 e. The van der Waals surface area contributed by atoms with Crippen molar-refractivity contribution in [1.29, 1.82) is 0 Å². The van der Waals surface area contributed by atoms with E-state index in [-0.39, 0.29) is 6.79 Å². The Labute approximate surface area is 107 Å². The van der Waals surface area contributed by atoms with Crippen LogP contribution < -0.4 is 14.2 Å². The molecular formula is C11H8Cl2O4. The molecule has 1 aromatic carbocycles. The summed E-state index contributed by atoms with van der Waals surface area (Å²) in [4.78, 5) is 11.6. The molecule has 0 aromatic heterocycles. The van der Waals surface area contributed by atoms with Gasteiger partial charge in [0, 0.05) is 6.07 Å². The number of hydrogen-bond acceptors (Lipinski definition) is 4. The average molecular weight is 275 g/mol. The van der Waals surface area contributed by atoms with Gasteiger partial charge in [0.25, 0.3) is 0 Å². The number of rotatable bonds is 2. The van der Waals surface area contributed by atoms with Crippen LogP contribution in [0.4, 0.5) is 0 Å². The maximum absolute atomic E-state index is 11.6. The highest BCUT2D eigenvalue weighted by Crippen LogP contribution is 2.53. The quantitative estimate of drug-likeness (QED) is 0.472. The fourth-order valence-electron chi connectivity index (χ4n) is 1.60. The minimum absolute atomic E-state index is 0.182. The van der Waals surface area contributed by atoms with Gasteiger partial charge in [0.05, 0.1) is 5.92 Å². The van der Waals surface area contributed by atoms with Crippen LogP contribution in [0.3, 0.4) is 0 Å². The second-order valence-corrected chi connectivity index (χ2v) is 5.50. The van der Waals surface area contributed by atoms with E-state index >= 15 is 0 Å². The number of alkyl halides is 2. The Bertz CT molecular complexity index is 486. The Morgan fingerprint density at radius 1 is 1.35 bits per heavy atom. The van der Waals surface area contributed by atoms with Crippen LogP contribution in [-0.4, -0.2) is 17.1 Å². The molecule has 1 saturated carbocycles. The number of halogens is 2. The van der Waals surface area contributed by atoms with Crippen LogP contribution in [0, 0.1) is 5.92 Å². The third-order valence-electron chi connectivity index (χ3n) is 2.67. The van der Waals surface area contributed by atoms with Crippen molar-refractivity contribution >= 4 is 29.2 Å². The predicted molar refractivity (Wildman–Crippen MR) is 60.7 cm³/mol. The van der Waals surface area contributed by atoms with Crippen LogP contribution in [0.25, 0.3) is 0 Å². The Hall–Kier alpha value is -1.13. The molecule has 1 heterocycles. The van der Waals surface area contributed by atoms with Gasteiger partial charge in [-0.25, -0.2) is 0 Å². The summed E-state index contributed by atoms with van der Waals surface area (Å²) in [6.07, 6.45) is 0.430. The van der Waals surface area contributed by atoms with E-state index < -0.39 is 16.2 Å². The number of esters is 1. The van der Waals surface area contributed by atoms with E-state index in [0.29, 0.717) is 23.7 Å². The first-order valence-electron chi connectivity index (χ1n) is 5.05. The van der Waals surface area contributed by atoms with E-state index in [2.05, 4.69) is 0 Å². The van der Waals surface area contributed by atoms with Crippen molar-refractivity contribution < 1.29 is 19.0 Å². The molecule has 6 heteroatoms. The van der Waals surface area contributed by atoms with Gasteiger partial charge in [0.15, 0.2) is 11.5 Å². The van der Waals surface area contributed by atoms with Crippen molar-refractivity contribution in [2.75, 3.05) is 6.79 Å². The fraction of sp³-hybridized carbons (Fsp3) is 0.364. The highest BCUT2D eigenvalue weighted by atomic mass is 35.5. The lowest BCUT2D eigenvalue weighted by Crippen LogP contribution is -2.13. The molecule has 1 aromatic rings. The Kier molecular flexibility index (Phi) is 2.38. The summed E-state index contributed by atoms with van der Waals surface area (Å²) in [7, 11) is 0. The summed E-state index contributed by atoms with van der Waals surface area (Å²) in [5.74, 6) is 0.731. The van der Waals surface area contributed by atoms with E-state index in [4.69, 9.17) is 37.4 Å². The molecule has 0 N–H and O–H groups in total. The SMILES string of the molecule is O=C(Oc1ccc2c(c1)OCO2)[C@H]1CC1(Cl)Cl. The molecule has 3 rings (SSSR count). The molecule has 1 fully saturated rings. The Morgan fingerprint density at radius 2 is 2.06 bits per heavy atom. The average Bonchev–Trinajstić information content (AvgIpc) is 2.73. The first kappa shape index (κ1) is 11.0. The van der Waals surface area contributed by atoms with Crippen LogP contribution in [0.1, 0.15) is 6.42 Å². The molecule has 90 valence electrons. The molecule has 1 aliphatic carbocycles. The first-order chi connectivity index (χ1) is 8.06. The van der Waals surface area contributed by atoms with E-state index in [0.717, 1.165) is 0 Å². The van der Waals surface area contributed by atoms with Crippen molar-refractivity contribution in [3.8, 4) is 17.2 Å². The maximum atomic E-state index is 11.6. The number of fused-ring (bicyclic) bond motifs is 1. The molecule has 0 bridgehead atoms. The maximum Gasteiger partial charge on any atom is 0.317 e. The monoisotopic (exact) mass is 274 g/mol. The number of carbonyl (C=O) groups is 1. The molecule has 4 nitrogen and oxygen atoms in total. The van der Waals surface area contributed by atoms with Crippen molar-refractivity contribution in [2.24, 2.45) is 5.92 Å². The lowest BCUT2D eigenvalue weighted by Gasteiger charge is -2.04. The zero-order chi connectivity index (χ0) is 12.0. The van der Waals surface area contributed by atoms with Crippen molar-refractivity contribution in [1.82, 2.24) is 0 Å². The zero-order valence-corrected chi connectivity index (χ0v) is 10.1. The molecule has 0 unspecified atom stereocenters. The van der Waals surface area contributed by atoms with Crippen molar-refractivity contribution in [2.45, 2.75) is 10.8 Å². The molecule has 17 heavy (non-hydrogen) atoms. The van der Waals surface area contributed by atoms with Crippen LogP contribution in [-0.2, 0) is 4.79 Å². The molecule has 2 aliphatic rings. The van der Waals surface area contributed by atoms with Gasteiger partial charge >= 0.3 is 5.97 Å². The van der Waals surface area contributed by atoms with Gasteiger partial charge in [0.2, 0.25) is 6.79 Å². The number of carbonyl (C=O) groups excluding carboxylic acids is 1. The number of benzene rings is 1. The zero-order valence-electron chi connectivity index (χ0n) is 8.61. The molecule has 0 spiro atoms. The highest BCUT2D eigenvalue weighted by Gasteiger charge is 2.57. The molecular weight excluding hydrogens is 267 g/mol. The highest BCUT2D eigenvalue weighted by molar-refractivity contribution is 6.52. The summed E-state index contributed by atoms with van der Waals surface area (Å²) < 4.78 is 14.5. The van der Waals surface area contributed by atoms with Gasteiger partial charge in [-0.05, 0) is 18.6 Å². The molecule has 0 radical (unpaired) electrons. The second kappa shape index (κ2) is 3.68. The van der Waals surface area contributed by atoms with Gasteiger partial charge in [-0.3, -0.25) is 4.79 Å². The fourth-order valence-corrected chi connectivity index (χ4v) is 2.08. The lowest BCUT2D eigenvalue weighted by atomic mass is 10.3.